The van der Waals surface area contributed by atoms with Crippen LogP contribution in [0.4, 0.5) is 11.4 Å². The lowest BCUT2D eigenvalue weighted by Gasteiger charge is -2.30. The molecular weight excluding hydrogens is 703 g/mol. The number of para-hydroxylation sites is 2. The first kappa shape index (κ1) is 33.0. The molecule has 1 aliphatic heterocycles. The largest absolute Gasteiger partial charge is 0.333 e. The lowest BCUT2D eigenvalue weighted by atomic mass is 9.91. The highest BCUT2D eigenvalue weighted by atomic mass is 15.2. The zero-order chi connectivity index (χ0) is 38.2. The summed E-state index contributed by atoms with van der Waals surface area (Å²) < 4.78 is 2.53. The van der Waals surface area contributed by atoms with Crippen LogP contribution in [0.25, 0.3) is 77.9 Å². The molecule has 0 amide bonds. The summed E-state index contributed by atoms with van der Waals surface area (Å²) in [5, 5.41) is 4.95. The molecule has 0 saturated heterocycles. The Morgan fingerprint density at radius 2 is 1.33 bits per heavy atom. The molecule has 58 heavy (non-hydrogen) atoms. The van der Waals surface area contributed by atoms with Crippen molar-refractivity contribution in [2.45, 2.75) is 24.8 Å². The van der Waals surface area contributed by atoms with Crippen molar-refractivity contribution in [3.63, 3.8) is 0 Å². The second kappa shape index (κ2) is 13.2. The van der Waals surface area contributed by atoms with Gasteiger partial charge in [-0.15, -0.1) is 0 Å². The molecule has 274 valence electrons. The van der Waals surface area contributed by atoms with Crippen molar-refractivity contribution < 1.29 is 0 Å². The van der Waals surface area contributed by atoms with E-state index < -0.39 is 0 Å². The minimum atomic E-state index is 0.209. The van der Waals surface area contributed by atoms with Crippen LogP contribution in [0.5, 0.6) is 0 Å². The van der Waals surface area contributed by atoms with E-state index in [0.29, 0.717) is 5.92 Å². The van der Waals surface area contributed by atoms with Gasteiger partial charge in [0.05, 0.1) is 22.8 Å². The van der Waals surface area contributed by atoms with Crippen molar-refractivity contribution in [3.05, 3.63) is 211 Å². The number of hydrogen-bond acceptors (Lipinski definition) is 2. The summed E-state index contributed by atoms with van der Waals surface area (Å²) in [6.07, 6.45) is 15.8. The van der Waals surface area contributed by atoms with Crippen molar-refractivity contribution in [1.82, 2.24) is 9.55 Å². The molecule has 0 N–H and O–H groups in total. The maximum absolute atomic E-state index is 5.30. The smallest absolute Gasteiger partial charge is 0.0722 e. The van der Waals surface area contributed by atoms with E-state index in [0.717, 1.165) is 29.6 Å². The van der Waals surface area contributed by atoms with Crippen molar-refractivity contribution >= 4 is 50.0 Å². The van der Waals surface area contributed by atoms with Gasteiger partial charge in [0.25, 0.3) is 0 Å². The molecule has 0 spiro atoms. The van der Waals surface area contributed by atoms with E-state index in [1.165, 1.54) is 83.2 Å². The molecule has 3 nitrogen and oxygen atoms in total. The predicted molar refractivity (Wildman–Crippen MR) is 243 cm³/mol. The Morgan fingerprint density at radius 1 is 0.569 bits per heavy atom. The Bertz CT molecular complexity index is 3180. The quantitative estimate of drug-likeness (QED) is 0.164. The van der Waals surface area contributed by atoms with E-state index in [1.54, 1.807) is 0 Å². The van der Waals surface area contributed by atoms with E-state index in [-0.39, 0.29) is 6.04 Å². The summed E-state index contributed by atoms with van der Waals surface area (Å²) in [4.78, 5) is 7.86. The van der Waals surface area contributed by atoms with Gasteiger partial charge in [-0.1, -0.05) is 158 Å². The molecule has 0 fully saturated rings. The molecule has 3 heteroatoms. The summed E-state index contributed by atoms with van der Waals surface area (Å²) >= 11 is 0. The van der Waals surface area contributed by atoms with Crippen LogP contribution in [-0.4, -0.2) is 15.6 Å². The first-order valence-corrected chi connectivity index (χ1v) is 20.4. The summed E-state index contributed by atoms with van der Waals surface area (Å²) in [6.45, 7) is 0. The molecule has 2 unspecified atom stereocenters. The highest BCUT2D eigenvalue weighted by Crippen LogP contribution is 2.49. The first-order chi connectivity index (χ1) is 28.8. The number of aromatic nitrogens is 2. The van der Waals surface area contributed by atoms with Gasteiger partial charge in [0.15, 0.2) is 0 Å². The van der Waals surface area contributed by atoms with E-state index in [4.69, 9.17) is 4.98 Å². The van der Waals surface area contributed by atoms with E-state index in [1.807, 2.05) is 0 Å². The van der Waals surface area contributed by atoms with Crippen molar-refractivity contribution in [1.29, 1.82) is 0 Å². The molecule has 9 aromatic rings. The van der Waals surface area contributed by atoms with E-state index in [2.05, 4.69) is 210 Å². The maximum Gasteiger partial charge on any atom is 0.0722 e. The Kier molecular flexibility index (Phi) is 7.49. The summed E-state index contributed by atoms with van der Waals surface area (Å²) in [6, 6.07) is 60.3. The second-order valence-electron chi connectivity index (χ2n) is 15.8. The zero-order valence-corrected chi connectivity index (χ0v) is 32.0. The number of hydrogen-bond donors (Lipinski definition) is 0. The lowest BCUT2D eigenvalue weighted by Crippen LogP contribution is -2.28. The normalized spacial score (nSPS) is 16.6. The third-order valence-electron chi connectivity index (χ3n) is 12.5. The molecule has 0 bridgehead atoms. The van der Waals surface area contributed by atoms with E-state index >= 15 is 0 Å². The van der Waals surface area contributed by atoms with Gasteiger partial charge in [0.1, 0.15) is 0 Å². The molecular formula is C55H39N3. The van der Waals surface area contributed by atoms with Crippen LogP contribution in [0, 0.1) is 0 Å². The van der Waals surface area contributed by atoms with Gasteiger partial charge in [-0.3, -0.25) is 0 Å². The number of nitrogens with zero attached hydrogens (tertiary/aromatic N) is 3. The van der Waals surface area contributed by atoms with Gasteiger partial charge < -0.3 is 9.47 Å². The van der Waals surface area contributed by atoms with Crippen LogP contribution in [0.3, 0.4) is 0 Å². The number of allylic oxidation sites excluding steroid dienone is 3. The van der Waals surface area contributed by atoms with Gasteiger partial charge in [0, 0.05) is 50.6 Å². The van der Waals surface area contributed by atoms with Crippen LogP contribution < -0.4 is 4.90 Å². The predicted octanol–water partition coefficient (Wildman–Crippen LogP) is 14.0. The molecule has 3 heterocycles. The summed E-state index contributed by atoms with van der Waals surface area (Å²) in [5.41, 5.74) is 16.9. The highest BCUT2D eigenvalue weighted by molar-refractivity contribution is 6.13. The van der Waals surface area contributed by atoms with Crippen molar-refractivity contribution in [2.24, 2.45) is 0 Å². The van der Waals surface area contributed by atoms with Crippen molar-refractivity contribution in [3.8, 4) is 39.2 Å². The molecule has 12 rings (SSSR count). The number of anilines is 2. The number of benzene rings is 7. The standard InChI is InChI=1S/C55H39N3/c1-2-14-37(15-3-1)48-35-50(56-49-31-30-38-16-4-5-17-43(38)55(48)49)39-28-26-36(27-29-39)40-32-41(57-51-22-10-6-18-44(51)45-19-7-11-23-52(45)57)34-42(33-40)58-53-24-12-8-20-46(53)47-21-9-13-25-54(47)58/h1-12,14-24,26-35,44,51H,13,25H2. The fourth-order valence-electron chi connectivity index (χ4n) is 9.92. The molecule has 7 aromatic carbocycles. The molecule has 2 atom stereocenters. The minimum absolute atomic E-state index is 0.209. The maximum atomic E-state index is 5.30. The Morgan fingerprint density at radius 3 is 2.24 bits per heavy atom. The first-order valence-electron chi connectivity index (χ1n) is 20.4. The fraction of sp³-hybridized carbons (Fsp3) is 0.0727. The Hall–Kier alpha value is -7.23. The van der Waals surface area contributed by atoms with Gasteiger partial charge in [-0.2, -0.15) is 0 Å². The Balaban J connectivity index is 1.03. The summed E-state index contributed by atoms with van der Waals surface area (Å²) in [5.74, 6) is 0.311. The van der Waals surface area contributed by atoms with Gasteiger partial charge >= 0.3 is 0 Å². The molecule has 2 aliphatic carbocycles. The number of pyridine rings is 1. The van der Waals surface area contributed by atoms with Crippen LogP contribution in [0.1, 0.15) is 29.2 Å². The second-order valence-corrected chi connectivity index (χ2v) is 15.8. The highest BCUT2D eigenvalue weighted by Gasteiger charge is 2.37. The molecule has 3 aliphatic rings. The van der Waals surface area contributed by atoms with Crippen LogP contribution in [0.15, 0.2) is 194 Å². The third kappa shape index (κ3) is 5.17. The zero-order valence-electron chi connectivity index (χ0n) is 32.0. The van der Waals surface area contributed by atoms with Crippen molar-refractivity contribution in [2.75, 3.05) is 4.90 Å². The number of fused-ring (bicyclic) bond motifs is 9. The Labute approximate surface area is 338 Å². The SMILES string of the molecule is C1=CC2c3ccccc3N(c3cc(-c4ccc(-c5cc(-c6ccccc6)c6c(ccc7ccccc76)n5)cc4)cc(-n4c5c(c6ccccc64)C=CCC5)c3)C2C=C1. The van der Waals surface area contributed by atoms with Gasteiger partial charge in [0.2, 0.25) is 0 Å². The third-order valence-corrected chi connectivity index (χ3v) is 12.5. The molecule has 2 aromatic heterocycles. The van der Waals surface area contributed by atoms with Crippen LogP contribution >= 0.6 is 0 Å². The summed E-state index contributed by atoms with van der Waals surface area (Å²) in [7, 11) is 0. The average Bonchev–Trinajstić information content (AvgIpc) is 3.82. The van der Waals surface area contributed by atoms with Crippen LogP contribution in [-0.2, 0) is 6.42 Å². The lowest BCUT2D eigenvalue weighted by molar-refractivity contribution is 0.744. The van der Waals surface area contributed by atoms with Gasteiger partial charge in [-0.25, -0.2) is 4.98 Å². The minimum Gasteiger partial charge on any atom is -0.333 e. The molecule has 0 radical (unpaired) electrons. The van der Waals surface area contributed by atoms with E-state index in [9.17, 15) is 0 Å². The topological polar surface area (TPSA) is 21.1 Å². The average molecular weight is 742 g/mol. The van der Waals surface area contributed by atoms with Gasteiger partial charge in [-0.05, 0) is 93.9 Å². The monoisotopic (exact) mass is 741 g/mol. The fourth-order valence-corrected chi connectivity index (χ4v) is 9.92. The molecule has 0 saturated carbocycles. The van der Waals surface area contributed by atoms with Crippen LogP contribution in [0.2, 0.25) is 0 Å². The number of rotatable bonds is 5.